The number of furan rings is 1. The van der Waals surface area contributed by atoms with Crippen LogP contribution in [0.15, 0.2) is 223 Å². The first kappa shape index (κ1) is 41.8. The first-order valence-corrected chi connectivity index (χ1v) is 26.6. The van der Waals surface area contributed by atoms with E-state index in [4.69, 9.17) is 4.42 Å². The van der Waals surface area contributed by atoms with Crippen molar-refractivity contribution in [1.29, 1.82) is 10.5 Å². The van der Waals surface area contributed by atoms with Crippen molar-refractivity contribution in [2.45, 2.75) is 0 Å². The van der Waals surface area contributed by atoms with Crippen LogP contribution >= 0.6 is 22.7 Å². The van der Waals surface area contributed by atoms with Gasteiger partial charge in [0.15, 0.2) is 0 Å². The Balaban J connectivity index is 1.14. The molecule has 7 heteroatoms. The molecule has 5 aromatic heterocycles. The Hall–Kier alpha value is -9.76. The summed E-state index contributed by atoms with van der Waals surface area (Å²) in [5.74, 6) is 0. The van der Waals surface area contributed by atoms with Gasteiger partial charge in [0, 0.05) is 74.4 Å². The number of thiophene rings is 2. The minimum atomic E-state index is 0.416. The SMILES string of the molecule is N#Cc1c(-c2ccccc2)c(C#N)c(-n2c3c(ccc4c5ccccc5sc43)c3ccc4c5ccccc5sc4c32)c(-c2ccccc2)c1-n1c2ccccc2c2ccc(-c3ccc4oc5ccccc5c4c3)cc21. The summed E-state index contributed by atoms with van der Waals surface area (Å²) in [4.78, 5) is 0. The number of para-hydroxylation sites is 2. The molecule has 0 fully saturated rings. The molecule has 75 heavy (non-hydrogen) atoms. The zero-order valence-corrected chi connectivity index (χ0v) is 41.4. The fourth-order valence-electron chi connectivity index (χ4n) is 12.2. The standard InChI is InChI=1S/C68H36N4OS2/c69-37-53-61(39-15-3-1-4-16-39)54(38-70)64(72-65-48(30-32-50-46-21-9-13-25-59(46)74-67(50)65)49-31-33-51-47-22-10-14-26-60(47)75-68(51)66(49)72)62(40-17-5-2-6-18-40)63(53)71-55-23-11-7-19-43(55)44-29-27-42(36-56(44)71)41-28-34-58-52(35-41)45-20-8-12-24-57(45)73-58/h1-36H. The maximum atomic E-state index is 12.2. The topological polar surface area (TPSA) is 70.6 Å². The fourth-order valence-corrected chi connectivity index (χ4v) is 14.7. The van der Waals surface area contributed by atoms with Gasteiger partial charge in [0.1, 0.15) is 23.3 Å². The van der Waals surface area contributed by atoms with Crippen LogP contribution in [0.4, 0.5) is 0 Å². The number of hydrogen-bond acceptors (Lipinski definition) is 5. The second kappa shape index (κ2) is 15.9. The average molecular weight is 989 g/mol. The van der Waals surface area contributed by atoms with Crippen molar-refractivity contribution in [1.82, 2.24) is 9.13 Å². The molecule has 11 aromatic carbocycles. The van der Waals surface area contributed by atoms with Gasteiger partial charge in [0.2, 0.25) is 0 Å². The molecule has 0 saturated carbocycles. The van der Waals surface area contributed by atoms with Crippen LogP contribution in [-0.2, 0) is 0 Å². The third-order valence-electron chi connectivity index (χ3n) is 15.4. The summed E-state index contributed by atoms with van der Waals surface area (Å²) in [7, 11) is 0. The van der Waals surface area contributed by atoms with Gasteiger partial charge in [-0.05, 0) is 64.7 Å². The molecule has 5 heterocycles. The normalized spacial score (nSPS) is 12.0. The Morgan fingerprint density at radius 2 is 0.800 bits per heavy atom. The molecule has 5 nitrogen and oxygen atoms in total. The van der Waals surface area contributed by atoms with E-state index in [1.165, 1.54) is 20.2 Å². The molecule has 0 aliphatic carbocycles. The van der Waals surface area contributed by atoms with Gasteiger partial charge in [-0.3, -0.25) is 0 Å². The number of nitrogens with zero attached hydrogens (tertiary/aromatic N) is 4. The predicted molar refractivity (Wildman–Crippen MR) is 314 cm³/mol. The van der Waals surface area contributed by atoms with Crippen LogP contribution in [0.3, 0.4) is 0 Å². The molecule has 0 N–H and O–H groups in total. The molecule has 0 bridgehead atoms. The van der Waals surface area contributed by atoms with Gasteiger partial charge in [-0.15, -0.1) is 22.7 Å². The lowest BCUT2D eigenvalue weighted by Crippen LogP contribution is -2.11. The van der Waals surface area contributed by atoms with E-state index in [1.807, 2.05) is 48.5 Å². The van der Waals surface area contributed by atoms with E-state index in [1.54, 1.807) is 22.7 Å². The fraction of sp³-hybridized carbons (Fsp3) is 0. The summed E-state index contributed by atoms with van der Waals surface area (Å²) in [5.41, 5.74) is 13.0. The minimum Gasteiger partial charge on any atom is -0.456 e. The third-order valence-corrected chi connectivity index (χ3v) is 17.8. The molecule has 0 atom stereocenters. The second-order valence-electron chi connectivity index (χ2n) is 19.3. The third kappa shape index (κ3) is 5.85. The molecular weight excluding hydrogens is 953 g/mol. The Morgan fingerprint density at radius 3 is 1.44 bits per heavy atom. The molecule has 0 amide bonds. The van der Waals surface area contributed by atoms with Crippen LogP contribution in [0, 0.1) is 22.7 Å². The molecule has 16 aromatic rings. The Bertz CT molecular complexity index is 5080. The maximum absolute atomic E-state index is 12.2. The Labute approximate surface area is 436 Å². The summed E-state index contributed by atoms with van der Waals surface area (Å²) in [6, 6.07) is 82.4. The largest absolute Gasteiger partial charge is 0.456 e. The van der Waals surface area contributed by atoms with E-state index in [-0.39, 0.29) is 0 Å². The lowest BCUT2D eigenvalue weighted by molar-refractivity contribution is 0.669. The lowest BCUT2D eigenvalue weighted by Gasteiger charge is -2.25. The number of fused-ring (bicyclic) bond motifs is 17. The quantitative estimate of drug-likeness (QED) is 0.172. The van der Waals surface area contributed by atoms with E-state index in [9.17, 15) is 10.5 Å². The summed E-state index contributed by atoms with van der Waals surface area (Å²) < 4.78 is 15.7. The highest BCUT2D eigenvalue weighted by Crippen LogP contribution is 2.53. The van der Waals surface area contributed by atoms with E-state index in [0.29, 0.717) is 22.4 Å². The first-order chi connectivity index (χ1) is 37.1. The molecule has 0 aliphatic heterocycles. The zero-order chi connectivity index (χ0) is 49.5. The van der Waals surface area contributed by atoms with Crippen molar-refractivity contribution < 1.29 is 4.42 Å². The van der Waals surface area contributed by atoms with Crippen molar-refractivity contribution in [3.63, 3.8) is 0 Å². The summed E-state index contributed by atoms with van der Waals surface area (Å²) in [6.45, 7) is 0. The van der Waals surface area contributed by atoms with E-state index < -0.39 is 0 Å². The van der Waals surface area contributed by atoms with Crippen molar-refractivity contribution in [2.75, 3.05) is 0 Å². The highest BCUT2D eigenvalue weighted by molar-refractivity contribution is 7.27. The molecule has 0 spiro atoms. The molecule has 0 saturated heterocycles. The molecule has 0 aliphatic rings. The van der Waals surface area contributed by atoms with Gasteiger partial charge < -0.3 is 13.6 Å². The number of hydrogen-bond donors (Lipinski definition) is 0. The highest BCUT2D eigenvalue weighted by Gasteiger charge is 2.33. The van der Waals surface area contributed by atoms with Gasteiger partial charge in [-0.2, -0.15) is 10.5 Å². The molecule has 346 valence electrons. The molecule has 16 rings (SSSR count). The van der Waals surface area contributed by atoms with Crippen molar-refractivity contribution in [2.24, 2.45) is 0 Å². The van der Waals surface area contributed by atoms with E-state index in [2.05, 4.69) is 191 Å². The van der Waals surface area contributed by atoms with Gasteiger partial charge in [-0.1, -0.05) is 176 Å². The number of benzene rings is 11. The van der Waals surface area contributed by atoms with Crippen LogP contribution in [0.25, 0.3) is 151 Å². The molecule has 0 radical (unpaired) electrons. The van der Waals surface area contributed by atoms with Crippen LogP contribution in [-0.4, -0.2) is 9.13 Å². The second-order valence-corrected chi connectivity index (χ2v) is 21.4. The van der Waals surface area contributed by atoms with Crippen LogP contribution < -0.4 is 0 Å². The van der Waals surface area contributed by atoms with E-state index >= 15 is 0 Å². The van der Waals surface area contributed by atoms with Crippen LogP contribution in [0.2, 0.25) is 0 Å². The Kier molecular flexibility index (Phi) is 8.85. The molecule has 0 unspecified atom stereocenters. The van der Waals surface area contributed by atoms with Gasteiger partial charge in [0.25, 0.3) is 0 Å². The van der Waals surface area contributed by atoms with Crippen molar-refractivity contribution >= 4 is 129 Å². The molecular formula is C68H36N4OS2. The lowest BCUT2D eigenvalue weighted by atomic mass is 9.86. The van der Waals surface area contributed by atoms with Crippen LogP contribution in [0.5, 0.6) is 0 Å². The average Bonchev–Trinajstić information content (AvgIpc) is 4.42. The monoisotopic (exact) mass is 988 g/mol. The number of nitriles is 2. The summed E-state index contributed by atoms with van der Waals surface area (Å²) >= 11 is 3.58. The number of rotatable bonds is 5. The summed E-state index contributed by atoms with van der Waals surface area (Å²) in [5, 5.41) is 35.5. The zero-order valence-electron chi connectivity index (χ0n) is 39.8. The highest BCUT2D eigenvalue weighted by atomic mass is 32.1. The maximum Gasteiger partial charge on any atom is 0.135 e. The number of aromatic nitrogens is 2. The van der Waals surface area contributed by atoms with Gasteiger partial charge in [0.05, 0.1) is 54.0 Å². The van der Waals surface area contributed by atoms with Gasteiger partial charge >= 0.3 is 0 Å². The van der Waals surface area contributed by atoms with Crippen LogP contribution in [0.1, 0.15) is 11.1 Å². The van der Waals surface area contributed by atoms with Gasteiger partial charge in [-0.25, -0.2) is 0 Å². The smallest absolute Gasteiger partial charge is 0.135 e. The van der Waals surface area contributed by atoms with Crippen molar-refractivity contribution in [3.8, 4) is 56.9 Å². The van der Waals surface area contributed by atoms with E-state index in [0.717, 1.165) is 119 Å². The predicted octanol–water partition coefficient (Wildman–Crippen LogP) is 19.3. The van der Waals surface area contributed by atoms with Crippen molar-refractivity contribution in [3.05, 3.63) is 230 Å². The summed E-state index contributed by atoms with van der Waals surface area (Å²) in [6.07, 6.45) is 0. The first-order valence-electron chi connectivity index (χ1n) is 24.9. The Morgan fingerprint density at radius 1 is 0.333 bits per heavy atom. The minimum absolute atomic E-state index is 0.416.